The quantitative estimate of drug-likeness (QED) is 0.661. The van der Waals surface area contributed by atoms with Gasteiger partial charge in [-0.15, -0.1) is 0 Å². The minimum Gasteiger partial charge on any atom is -0.324 e. The average Bonchev–Trinajstić information content (AvgIpc) is 3.23. The zero-order valence-electron chi connectivity index (χ0n) is 16.3. The molecule has 32 heavy (non-hydrogen) atoms. The van der Waals surface area contributed by atoms with E-state index >= 15 is 0 Å². The van der Waals surface area contributed by atoms with Gasteiger partial charge in [-0.2, -0.15) is 5.10 Å². The first-order valence-electron chi connectivity index (χ1n) is 9.75. The summed E-state index contributed by atoms with van der Waals surface area (Å²) in [5, 5.41) is 9.72. The second kappa shape index (κ2) is 7.92. The van der Waals surface area contributed by atoms with Crippen LogP contribution in [0.15, 0.2) is 59.7 Å². The third-order valence-corrected chi connectivity index (χ3v) is 6.61. The van der Waals surface area contributed by atoms with E-state index in [1.165, 1.54) is 23.4 Å². The van der Waals surface area contributed by atoms with Crippen LogP contribution < -0.4 is 10.2 Å². The fraction of sp³-hybridized carbons (Fsp3) is 0.182. The molecule has 10 heteroatoms. The topological polar surface area (TPSA) is 82.1 Å². The van der Waals surface area contributed by atoms with Crippen LogP contribution in [-0.2, 0) is 14.4 Å². The SMILES string of the molecule is O=C(Nc1ccc(Cl)cc1)[C@H]1[C@@H]2C(=O)N(c3ccc(Cl)cc3Cl)C(=O)[C@@H]2[C@H]2C=CC=NN21. The lowest BCUT2D eigenvalue weighted by atomic mass is 9.88. The number of hydrazone groups is 1. The molecule has 2 fully saturated rings. The number of nitrogens with one attached hydrogen (secondary N) is 1. The molecule has 0 saturated carbocycles. The van der Waals surface area contributed by atoms with E-state index < -0.39 is 41.6 Å². The van der Waals surface area contributed by atoms with Gasteiger partial charge in [-0.25, -0.2) is 4.90 Å². The van der Waals surface area contributed by atoms with Crippen LogP contribution >= 0.6 is 34.8 Å². The van der Waals surface area contributed by atoms with Crippen LogP contribution in [0.2, 0.25) is 15.1 Å². The molecule has 0 bridgehead atoms. The average molecular weight is 490 g/mol. The van der Waals surface area contributed by atoms with Crippen molar-refractivity contribution >= 4 is 70.1 Å². The molecule has 1 N–H and O–H groups in total. The first-order valence-corrected chi connectivity index (χ1v) is 10.9. The van der Waals surface area contributed by atoms with Crippen molar-refractivity contribution < 1.29 is 14.4 Å². The Balaban J connectivity index is 1.52. The number of allylic oxidation sites excluding steroid dienone is 1. The van der Waals surface area contributed by atoms with Gasteiger partial charge in [0.15, 0.2) is 0 Å². The summed E-state index contributed by atoms with van der Waals surface area (Å²) in [5.74, 6) is -3.07. The third kappa shape index (κ3) is 3.28. The molecule has 3 amide bonds. The molecular weight excluding hydrogens is 475 g/mol. The zero-order chi connectivity index (χ0) is 22.6. The number of fused-ring (bicyclic) bond motifs is 3. The van der Waals surface area contributed by atoms with Gasteiger partial charge in [-0.05, 0) is 48.5 Å². The van der Waals surface area contributed by atoms with E-state index in [4.69, 9.17) is 34.8 Å². The Labute approximate surface area is 198 Å². The monoisotopic (exact) mass is 488 g/mol. The summed E-state index contributed by atoms with van der Waals surface area (Å²) in [5.41, 5.74) is 0.762. The largest absolute Gasteiger partial charge is 0.324 e. The van der Waals surface area contributed by atoms with Crippen molar-refractivity contribution in [2.75, 3.05) is 10.2 Å². The Morgan fingerprint density at radius 3 is 2.34 bits per heavy atom. The van der Waals surface area contributed by atoms with E-state index in [1.54, 1.807) is 42.5 Å². The number of imide groups is 1. The van der Waals surface area contributed by atoms with Crippen LogP contribution in [0.4, 0.5) is 11.4 Å². The second-order valence-corrected chi connectivity index (χ2v) is 8.90. The Kier molecular flexibility index (Phi) is 5.20. The maximum absolute atomic E-state index is 13.5. The van der Waals surface area contributed by atoms with Crippen LogP contribution in [0.5, 0.6) is 0 Å². The lowest BCUT2D eigenvalue weighted by Gasteiger charge is -2.30. The predicted octanol–water partition coefficient (Wildman–Crippen LogP) is 4.00. The van der Waals surface area contributed by atoms with E-state index in [9.17, 15) is 14.4 Å². The molecule has 162 valence electrons. The molecule has 7 nitrogen and oxygen atoms in total. The predicted molar refractivity (Wildman–Crippen MR) is 123 cm³/mol. The van der Waals surface area contributed by atoms with Gasteiger partial charge in [0.05, 0.1) is 28.6 Å². The van der Waals surface area contributed by atoms with Crippen molar-refractivity contribution in [1.82, 2.24) is 5.01 Å². The van der Waals surface area contributed by atoms with Gasteiger partial charge in [0.25, 0.3) is 0 Å². The summed E-state index contributed by atoms with van der Waals surface area (Å²) in [4.78, 5) is 41.3. The number of benzene rings is 2. The Bertz CT molecular complexity index is 1200. The number of hydrogen-bond donors (Lipinski definition) is 1. The van der Waals surface area contributed by atoms with E-state index in [0.717, 1.165) is 4.90 Å². The van der Waals surface area contributed by atoms with Gasteiger partial charge in [-0.3, -0.25) is 19.4 Å². The van der Waals surface area contributed by atoms with Gasteiger partial charge in [0.1, 0.15) is 6.04 Å². The molecule has 2 aromatic rings. The number of halogens is 3. The molecule has 5 rings (SSSR count). The highest BCUT2D eigenvalue weighted by molar-refractivity contribution is 6.38. The second-order valence-electron chi connectivity index (χ2n) is 7.62. The van der Waals surface area contributed by atoms with Gasteiger partial charge in [-0.1, -0.05) is 40.9 Å². The maximum Gasteiger partial charge on any atom is 0.249 e. The number of anilines is 2. The minimum atomic E-state index is -0.977. The molecule has 2 aromatic carbocycles. The molecule has 4 atom stereocenters. The van der Waals surface area contributed by atoms with Crippen molar-refractivity contribution in [2.45, 2.75) is 12.1 Å². The van der Waals surface area contributed by atoms with Crippen molar-refractivity contribution in [3.63, 3.8) is 0 Å². The molecular formula is C22H15Cl3N4O3. The van der Waals surface area contributed by atoms with Crippen molar-refractivity contribution in [3.8, 4) is 0 Å². The summed E-state index contributed by atoms with van der Waals surface area (Å²) in [6.07, 6.45) is 5.01. The highest BCUT2D eigenvalue weighted by atomic mass is 35.5. The molecule has 0 spiro atoms. The van der Waals surface area contributed by atoms with E-state index in [1.807, 2.05) is 0 Å². The van der Waals surface area contributed by atoms with Crippen molar-refractivity contribution in [3.05, 3.63) is 69.7 Å². The van der Waals surface area contributed by atoms with E-state index in [2.05, 4.69) is 10.4 Å². The van der Waals surface area contributed by atoms with E-state index in [-0.39, 0.29) is 10.7 Å². The first kappa shape index (κ1) is 21.0. The Hall–Kier alpha value is -2.87. The molecule has 0 aromatic heterocycles. The summed E-state index contributed by atoms with van der Waals surface area (Å²) < 4.78 is 0. The summed E-state index contributed by atoms with van der Waals surface area (Å²) in [6.45, 7) is 0. The van der Waals surface area contributed by atoms with E-state index in [0.29, 0.717) is 15.7 Å². The number of carbonyl (C=O) groups excluding carboxylic acids is 3. The summed E-state index contributed by atoms with van der Waals surface area (Å²) in [6, 6.07) is 9.65. The van der Waals surface area contributed by atoms with Crippen LogP contribution in [0.25, 0.3) is 0 Å². The number of amides is 3. The fourth-order valence-electron chi connectivity index (χ4n) is 4.49. The van der Waals surface area contributed by atoms with Crippen LogP contribution in [0, 0.1) is 11.8 Å². The summed E-state index contributed by atoms with van der Waals surface area (Å²) in [7, 11) is 0. The highest BCUT2D eigenvalue weighted by Crippen LogP contribution is 2.46. The Morgan fingerprint density at radius 2 is 1.62 bits per heavy atom. The lowest BCUT2D eigenvalue weighted by Crippen LogP contribution is -2.47. The third-order valence-electron chi connectivity index (χ3n) is 5.82. The molecule has 0 radical (unpaired) electrons. The fourth-order valence-corrected chi connectivity index (χ4v) is 5.11. The van der Waals surface area contributed by atoms with Gasteiger partial charge < -0.3 is 5.32 Å². The van der Waals surface area contributed by atoms with Crippen LogP contribution in [0.1, 0.15) is 0 Å². The molecule has 0 unspecified atom stereocenters. The first-order chi connectivity index (χ1) is 15.4. The normalized spacial score (nSPS) is 25.8. The van der Waals surface area contributed by atoms with Crippen LogP contribution in [-0.4, -0.2) is 41.0 Å². The zero-order valence-corrected chi connectivity index (χ0v) is 18.6. The standard InChI is InChI=1S/C22H15Cl3N4O3/c23-11-3-6-13(7-4-11)27-20(30)19-18-17(16-2-1-9-26-29(16)19)21(31)28(22(18)32)15-8-5-12(24)10-14(15)25/h1-10,16-19H,(H,27,30)/t16-,17-,18-,19-/m1/s1. The smallest absolute Gasteiger partial charge is 0.249 e. The van der Waals surface area contributed by atoms with Gasteiger partial charge in [0.2, 0.25) is 17.7 Å². The Morgan fingerprint density at radius 1 is 0.938 bits per heavy atom. The van der Waals surface area contributed by atoms with Crippen molar-refractivity contribution in [1.29, 1.82) is 0 Å². The summed E-state index contributed by atoms with van der Waals surface area (Å²) >= 11 is 18.2. The number of carbonyl (C=O) groups is 3. The molecule has 3 aliphatic heterocycles. The van der Waals surface area contributed by atoms with Crippen LogP contribution in [0.3, 0.4) is 0 Å². The van der Waals surface area contributed by atoms with Gasteiger partial charge >= 0.3 is 0 Å². The number of hydrogen-bond acceptors (Lipinski definition) is 5. The molecule has 3 heterocycles. The lowest BCUT2D eigenvalue weighted by molar-refractivity contribution is -0.129. The number of rotatable bonds is 3. The minimum absolute atomic E-state index is 0.176. The van der Waals surface area contributed by atoms with Gasteiger partial charge in [0, 0.05) is 21.9 Å². The maximum atomic E-state index is 13.5. The molecule has 2 saturated heterocycles. The molecule has 3 aliphatic rings. The van der Waals surface area contributed by atoms with Crippen molar-refractivity contribution in [2.24, 2.45) is 16.9 Å². The number of nitrogens with zero attached hydrogens (tertiary/aromatic N) is 3. The molecule has 0 aliphatic carbocycles. The highest BCUT2D eigenvalue weighted by Gasteiger charge is 2.64.